The second-order valence-corrected chi connectivity index (χ2v) is 5.51. The smallest absolute Gasteiger partial charge is 0.0726 e. The molecule has 0 bridgehead atoms. The number of nitrogens with zero attached hydrogens (tertiary/aromatic N) is 1. The van der Waals surface area contributed by atoms with Gasteiger partial charge < -0.3 is 9.64 Å². The lowest BCUT2D eigenvalue weighted by Crippen LogP contribution is -2.45. The van der Waals surface area contributed by atoms with Crippen molar-refractivity contribution in [2.24, 2.45) is 0 Å². The van der Waals surface area contributed by atoms with Crippen LogP contribution in [0.2, 0.25) is 0 Å². The van der Waals surface area contributed by atoms with E-state index >= 15 is 0 Å². The maximum atomic E-state index is 5.81. The minimum atomic E-state index is 0.319. The summed E-state index contributed by atoms with van der Waals surface area (Å²) in [5.41, 5.74) is 5.72. The summed E-state index contributed by atoms with van der Waals surface area (Å²) in [5.74, 6) is 0. The Hall–Kier alpha value is -1.02. The van der Waals surface area contributed by atoms with Gasteiger partial charge in [0, 0.05) is 18.8 Å². The van der Waals surface area contributed by atoms with Crippen molar-refractivity contribution >= 4 is 5.69 Å². The van der Waals surface area contributed by atoms with Crippen LogP contribution in [0.1, 0.15) is 37.5 Å². The van der Waals surface area contributed by atoms with Gasteiger partial charge in [-0.05, 0) is 56.9 Å². The molecular weight excluding hydrogens is 222 g/mol. The maximum Gasteiger partial charge on any atom is 0.0726 e. The monoisotopic (exact) mass is 247 g/mol. The van der Waals surface area contributed by atoms with Gasteiger partial charge in [-0.3, -0.25) is 0 Å². The number of rotatable bonds is 2. The fraction of sp³-hybridized carbons (Fsp3) is 0.625. The minimum absolute atomic E-state index is 0.319. The number of hydrogen-bond donors (Lipinski definition) is 0. The van der Waals surface area contributed by atoms with Gasteiger partial charge in [0.25, 0.3) is 0 Å². The highest BCUT2D eigenvalue weighted by atomic mass is 16.5. The standard InChI is InChI=1S/C16H25NO/c1-6-15-7-8-16(14(5)13(15)4)17-9-11(2)18-12(3)10-17/h7-8,11-12H,6,9-10H2,1-5H3/t11-,12+. The molecule has 0 radical (unpaired) electrons. The van der Waals surface area contributed by atoms with Gasteiger partial charge in [-0.2, -0.15) is 0 Å². The van der Waals surface area contributed by atoms with Gasteiger partial charge in [0.15, 0.2) is 0 Å². The number of ether oxygens (including phenoxy) is 1. The fourth-order valence-corrected chi connectivity index (χ4v) is 2.96. The van der Waals surface area contributed by atoms with Crippen LogP contribution in [0.15, 0.2) is 12.1 Å². The predicted molar refractivity (Wildman–Crippen MR) is 77.5 cm³/mol. The third-order valence-corrected chi connectivity index (χ3v) is 4.01. The molecule has 2 rings (SSSR count). The summed E-state index contributed by atoms with van der Waals surface area (Å²) >= 11 is 0. The third kappa shape index (κ3) is 2.54. The zero-order valence-electron chi connectivity index (χ0n) is 12.3. The van der Waals surface area contributed by atoms with Crippen LogP contribution in [0.4, 0.5) is 5.69 Å². The molecule has 1 aromatic rings. The van der Waals surface area contributed by atoms with E-state index in [1.54, 1.807) is 0 Å². The molecular formula is C16H25NO. The van der Waals surface area contributed by atoms with Crippen molar-refractivity contribution in [1.82, 2.24) is 0 Å². The normalized spacial score (nSPS) is 24.4. The van der Waals surface area contributed by atoms with Gasteiger partial charge in [-0.25, -0.2) is 0 Å². The van der Waals surface area contributed by atoms with Crippen LogP contribution in [-0.2, 0) is 11.2 Å². The second kappa shape index (κ2) is 5.31. The van der Waals surface area contributed by atoms with Crippen LogP contribution in [0, 0.1) is 13.8 Å². The largest absolute Gasteiger partial charge is 0.372 e. The highest BCUT2D eigenvalue weighted by Gasteiger charge is 2.23. The Bertz CT molecular complexity index is 417. The van der Waals surface area contributed by atoms with E-state index in [0.717, 1.165) is 19.5 Å². The molecule has 0 unspecified atom stereocenters. The minimum Gasteiger partial charge on any atom is -0.372 e. The predicted octanol–water partition coefficient (Wildman–Crippen LogP) is 3.48. The first-order valence-electron chi connectivity index (χ1n) is 7.02. The topological polar surface area (TPSA) is 12.5 Å². The summed E-state index contributed by atoms with van der Waals surface area (Å²) in [6.45, 7) is 13.0. The van der Waals surface area contributed by atoms with Gasteiger partial charge in [-0.1, -0.05) is 13.0 Å². The lowest BCUT2D eigenvalue weighted by molar-refractivity contribution is -0.00525. The highest BCUT2D eigenvalue weighted by Crippen LogP contribution is 2.28. The zero-order chi connectivity index (χ0) is 13.3. The molecule has 2 nitrogen and oxygen atoms in total. The van der Waals surface area contributed by atoms with E-state index in [-0.39, 0.29) is 0 Å². The number of anilines is 1. The Kier molecular flexibility index (Phi) is 3.96. The van der Waals surface area contributed by atoms with Crippen LogP contribution in [0.5, 0.6) is 0 Å². The Balaban J connectivity index is 2.30. The molecule has 0 saturated carbocycles. The Morgan fingerprint density at radius 3 is 2.28 bits per heavy atom. The van der Waals surface area contributed by atoms with E-state index in [2.05, 4.69) is 51.7 Å². The molecule has 1 saturated heterocycles. The highest BCUT2D eigenvalue weighted by molar-refractivity contribution is 5.58. The molecule has 1 aromatic carbocycles. The fourth-order valence-electron chi connectivity index (χ4n) is 2.96. The van der Waals surface area contributed by atoms with Gasteiger partial charge in [0.05, 0.1) is 12.2 Å². The molecule has 100 valence electrons. The molecule has 18 heavy (non-hydrogen) atoms. The van der Waals surface area contributed by atoms with E-state index in [4.69, 9.17) is 4.74 Å². The van der Waals surface area contributed by atoms with Crippen LogP contribution >= 0.6 is 0 Å². The SMILES string of the molecule is CCc1ccc(N2C[C@@H](C)O[C@@H](C)C2)c(C)c1C. The van der Waals surface area contributed by atoms with E-state index in [9.17, 15) is 0 Å². The summed E-state index contributed by atoms with van der Waals surface area (Å²) in [7, 11) is 0. The van der Waals surface area contributed by atoms with E-state index < -0.39 is 0 Å². The average Bonchev–Trinajstić information content (AvgIpc) is 2.31. The van der Waals surface area contributed by atoms with Gasteiger partial charge in [-0.15, -0.1) is 0 Å². The first-order chi connectivity index (χ1) is 8.52. The first-order valence-corrected chi connectivity index (χ1v) is 7.02. The van der Waals surface area contributed by atoms with E-state index in [0.29, 0.717) is 12.2 Å². The van der Waals surface area contributed by atoms with Crippen molar-refractivity contribution < 1.29 is 4.74 Å². The molecule has 0 aliphatic carbocycles. The summed E-state index contributed by atoms with van der Waals surface area (Å²) in [6.07, 6.45) is 1.75. The van der Waals surface area contributed by atoms with Gasteiger partial charge in [0.2, 0.25) is 0 Å². The molecule has 2 heteroatoms. The van der Waals surface area contributed by atoms with Crippen molar-refractivity contribution in [2.45, 2.75) is 53.2 Å². The number of hydrogen-bond acceptors (Lipinski definition) is 2. The zero-order valence-corrected chi connectivity index (χ0v) is 12.3. The Labute approximate surface area is 111 Å². The molecule has 0 N–H and O–H groups in total. The van der Waals surface area contributed by atoms with Crippen molar-refractivity contribution in [2.75, 3.05) is 18.0 Å². The summed E-state index contributed by atoms with van der Waals surface area (Å²) in [6, 6.07) is 4.56. The molecule has 0 amide bonds. The van der Waals surface area contributed by atoms with Crippen LogP contribution < -0.4 is 4.90 Å². The van der Waals surface area contributed by atoms with Crippen LogP contribution in [-0.4, -0.2) is 25.3 Å². The Morgan fingerprint density at radius 2 is 1.72 bits per heavy atom. The van der Waals surface area contributed by atoms with Gasteiger partial charge >= 0.3 is 0 Å². The van der Waals surface area contributed by atoms with Crippen LogP contribution in [0.25, 0.3) is 0 Å². The lowest BCUT2D eigenvalue weighted by Gasteiger charge is -2.38. The molecule has 0 aromatic heterocycles. The summed E-state index contributed by atoms with van der Waals surface area (Å²) < 4.78 is 5.81. The molecule has 2 atom stereocenters. The third-order valence-electron chi connectivity index (χ3n) is 4.01. The first kappa shape index (κ1) is 13.4. The lowest BCUT2D eigenvalue weighted by atomic mass is 9.98. The molecule has 1 aliphatic heterocycles. The maximum absolute atomic E-state index is 5.81. The number of morpholine rings is 1. The average molecular weight is 247 g/mol. The summed E-state index contributed by atoms with van der Waals surface area (Å²) in [5, 5.41) is 0. The molecule has 1 aliphatic rings. The second-order valence-electron chi connectivity index (χ2n) is 5.51. The van der Waals surface area contributed by atoms with E-state index in [1.807, 2.05) is 0 Å². The van der Waals surface area contributed by atoms with Crippen molar-refractivity contribution in [3.05, 3.63) is 28.8 Å². The number of aryl methyl sites for hydroxylation is 1. The van der Waals surface area contributed by atoms with Crippen molar-refractivity contribution in [3.63, 3.8) is 0 Å². The van der Waals surface area contributed by atoms with Crippen molar-refractivity contribution in [1.29, 1.82) is 0 Å². The molecule has 0 spiro atoms. The summed E-state index contributed by atoms with van der Waals surface area (Å²) in [4.78, 5) is 2.47. The van der Waals surface area contributed by atoms with E-state index in [1.165, 1.54) is 22.4 Å². The quantitative estimate of drug-likeness (QED) is 0.793. The van der Waals surface area contributed by atoms with Crippen molar-refractivity contribution in [3.8, 4) is 0 Å². The van der Waals surface area contributed by atoms with Gasteiger partial charge in [0.1, 0.15) is 0 Å². The molecule has 1 heterocycles. The number of benzene rings is 1. The Morgan fingerprint density at radius 1 is 1.11 bits per heavy atom. The molecule has 1 fully saturated rings. The van der Waals surface area contributed by atoms with Crippen LogP contribution in [0.3, 0.4) is 0 Å².